The summed E-state index contributed by atoms with van der Waals surface area (Å²) in [7, 11) is 0. The van der Waals surface area contributed by atoms with Gasteiger partial charge in [0.05, 0.1) is 0 Å². The molecule has 0 spiro atoms. The monoisotopic (exact) mass is 703 g/mol. The Hall–Kier alpha value is -1.66. The minimum absolute atomic E-state index is 0.0511. The number of rotatable bonds is 36. The highest BCUT2D eigenvalue weighted by Gasteiger charge is 2.17. The topological polar surface area (TPSA) is 59.1 Å². The van der Waals surface area contributed by atoms with Gasteiger partial charge >= 0.3 is 11.9 Å². The fraction of sp³-hybridized carbons (Fsp3) is 0.864. The molecule has 292 valence electrons. The minimum Gasteiger partial charge on any atom is -0.464 e. The molecular weight excluding hydrogens is 620 g/mol. The summed E-state index contributed by atoms with van der Waals surface area (Å²) in [6.07, 6.45) is 43.4. The Morgan fingerprint density at radius 2 is 0.700 bits per heavy atom. The zero-order valence-corrected chi connectivity index (χ0v) is 33.3. The standard InChI is InChI=1S/C44H82N2O4/c1-3-5-7-9-11-13-15-17-19-21-23-25-27-29-31-33-43(47)49-41-39-45-35-37-46(38-36-45)40-42-50-44(48)34-32-30-28-26-24-22-20-18-16-14-12-10-8-6-4-2/h17-20H,3-16,21-42H2,1-2H3/b19-17-,20-18-. The molecule has 1 rings (SSSR count). The van der Waals surface area contributed by atoms with E-state index in [0.29, 0.717) is 26.1 Å². The molecule has 0 aromatic heterocycles. The number of allylic oxidation sites excluding steroid dienone is 4. The highest BCUT2D eigenvalue weighted by atomic mass is 16.5. The van der Waals surface area contributed by atoms with E-state index in [2.05, 4.69) is 48.0 Å². The highest BCUT2D eigenvalue weighted by molar-refractivity contribution is 5.69. The Morgan fingerprint density at radius 1 is 0.420 bits per heavy atom. The summed E-state index contributed by atoms with van der Waals surface area (Å²) in [6.45, 7) is 11.0. The van der Waals surface area contributed by atoms with E-state index in [1.807, 2.05) is 0 Å². The Morgan fingerprint density at radius 3 is 1.02 bits per heavy atom. The van der Waals surface area contributed by atoms with Crippen molar-refractivity contribution in [3.05, 3.63) is 24.3 Å². The van der Waals surface area contributed by atoms with Crippen LogP contribution in [0.3, 0.4) is 0 Å². The molecule has 0 bridgehead atoms. The molecule has 0 saturated carbocycles. The van der Waals surface area contributed by atoms with Gasteiger partial charge in [-0.2, -0.15) is 0 Å². The number of piperazine rings is 1. The molecule has 1 heterocycles. The maximum atomic E-state index is 12.1. The van der Waals surface area contributed by atoms with Crippen LogP contribution in [0.25, 0.3) is 0 Å². The van der Waals surface area contributed by atoms with Gasteiger partial charge in [0, 0.05) is 52.1 Å². The molecule has 6 nitrogen and oxygen atoms in total. The first-order chi connectivity index (χ1) is 24.7. The van der Waals surface area contributed by atoms with E-state index >= 15 is 0 Å². The maximum absolute atomic E-state index is 12.1. The molecule has 6 heteroatoms. The third-order valence-corrected chi connectivity index (χ3v) is 10.1. The lowest BCUT2D eigenvalue weighted by atomic mass is 10.1. The fourth-order valence-electron chi connectivity index (χ4n) is 6.64. The zero-order chi connectivity index (χ0) is 36.0. The van der Waals surface area contributed by atoms with Gasteiger partial charge in [-0.05, 0) is 64.2 Å². The molecule has 1 saturated heterocycles. The van der Waals surface area contributed by atoms with Crippen molar-refractivity contribution in [3.63, 3.8) is 0 Å². The van der Waals surface area contributed by atoms with Crippen LogP contribution < -0.4 is 0 Å². The van der Waals surface area contributed by atoms with Crippen molar-refractivity contribution in [1.29, 1.82) is 0 Å². The number of hydrogen-bond donors (Lipinski definition) is 0. The lowest BCUT2D eigenvalue weighted by Crippen LogP contribution is -2.48. The summed E-state index contributed by atoms with van der Waals surface area (Å²) in [5.41, 5.74) is 0. The fourth-order valence-corrected chi connectivity index (χ4v) is 6.64. The zero-order valence-electron chi connectivity index (χ0n) is 33.3. The van der Waals surface area contributed by atoms with Crippen LogP contribution in [0.15, 0.2) is 24.3 Å². The molecule has 0 N–H and O–H groups in total. The van der Waals surface area contributed by atoms with Gasteiger partial charge in [-0.3, -0.25) is 19.4 Å². The third-order valence-electron chi connectivity index (χ3n) is 10.1. The summed E-state index contributed by atoms with van der Waals surface area (Å²) >= 11 is 0. The summed E-state index contributed by atoms with van der Waals surface area (Å²) in [5, 5.41) is 0. The molecule has 1 aliphatic rings. The molecule has 0 radical (unpaired) electrons. The van der Waals surface area contributed by atoms with Crippen molar-refractivity contribution >= 4 is 11.9 Å². The van der Waals surface area contributed by atoms with E-state index in [9.17, 15) is 9.59 Å². The molecule has 50 heavy (non-hydrogen) atoms. The van der Waals surface area contributed by atoms with Crippen molar-refractivity contribution < 1.29 is 19.1 Å². The SMILES string of the molecule is CCCCCCCC/C=C\CCCCCCCC(=O)OCCN1CCN(CCOC(=O)CCCCCCC/C=C\CCCCCCCC)CC1. The van der Waals surface area contributed by atoms with Gasteiger partial charge in [0.2, 0.25) is 0 Å². The van der Waals surface area contributed by atoms with E-state index in [4.69, 9.17) is 9.47 Å². The van der Waals surface area contributed by atoms with Crippen LogP contribution in [-0.4, -0.2) is 74.2 Å². The second-order valence-electron chi connectivity index (χ2n) is 14.8. The van der Waals surface area contributed by atoms with E-state index in [1.54, 1.807) is 0 Å². The van der Waals surface area contributed by atoms with E-state index in [0.717, 1.165) is 65.0 Å². The first-order valence-electron chi connectivity index (χ1n) is 21.7. The first-order valence-corrected chi connectivity index (χ1v) is 21.7. The van der Waals surface area contributed by atoms with E-state index in [1.165, 1.54) is 141 Å². The molecular formula is C44H82N2O4. The van der Waals surface area contributed by atoms with Crippen LogP contribution in [0.1, 0.15) is 194 Å². The molecule has 0 aliphatic carbocycles. The van der Waals surface area contributed by atoms with Gasteiger partial charge < -0.3 is 9.47 Å². The number of nitrogens with zero attached hydrogens (tertiary/aromatic N) is 2. The molecule has 0 atom stereocenters. The van der Waals surface area contributed by atoms with Crippen molar-refractivity contribution in [1.82, 2.24) is 9.80 Å². The average molecular weight is 703 g/mol. The lowest BCUT2D eigenvalue weighted by Gasteiger charge is -2.34. The number of carbonyl (C=O) groups excluding carboxylic acids is 2. The van der Waals surface area contributed by atoms with Crippen molar-refractivity contribution in [2.45, 2.75) is 194 Å². The van der Waals surface area contributed by atoms with Crippen LogP contribution in [0, 0.1) is 0 Å². The van der Waals surface area contributed by atoms with Crippen LogP contribution in [0.5, 0.6) is 0 Å². The largest absolute Gasteiger partial charge is 0.464 e. The molecule has 0 unspecified atom stereocenters. The van der Waals surface area contributed by atoms with Crippen molar-refractivity contribution in [2.75, 3.05) is 52.5 Å². The number of hydrogen-bond acceptors (Lipinski definition) is 6. The predicted octanol–water partition coefficient (Wildman–Crippen LogP) is 11.8. The molecule has 1 fully saturated rings. The van der Waals surface area contributed by atoms with Crippen LogP contribution in [-0.2, 0) is 19.1 Å². The molecule has 0 aromatic rings. The molecule has 0 aromatic carbocycles. The number of unbranched alkanes of at least 4 members (excludes halogenated alkanes) is 22. The van der Waals surface area contributed by atoms with Gasteiger partial charge in [-0.1, -0.05) is 141 Å². The normalized spacial score (nSPS) is 14.3. The predicted molar refractivity (Wildman–Crippen MR) is 214 cm³/mol. The second-order valence-corrected chi connectivity index (χ2v) is 14.8. The van der Waals surface area contributed by atoms with Crippen LogP contribution in [0.2, 0.25) is 0 Å². The Kier molecular flexibility index (Phi) is 34.4. The second kappa shape index (κ2) is 37.1. The summed E-state index contributed by atoms with van der Waals surface area (Å²) < 4.78 is 11.0. The Balaban J connectivity index is 1.84. The minimum atomic E-state index is -0.0511. The summed E-state index contributed by atoms with van der Waals surface area (Å²) in [6, 6.07) is 0. The number of esters is 2. The first kappa shape index (κ1) is 46.4. The van der Waals surface area contributed by atoms with Crippen molar-refractivity contribution in [3.8, 4) is 0 Å². The number of carbonyl (C=O) groups is 2. The Labute approximate surface area is 310 Å². The smallest absolute Gasteiger partial charge is 0.305 e. The maximum Gasteiger partial charge on any atom is 0.305 e. The molecule has 0 amide bonds. The quantitative estimate of drug-likeness (QED) is 0.0368. The average Bonchev–Trinajstić information content (AvgIpc) is 3.12. The van der Waals surface area contributed by atoms with E-state index in [-0.39, 0.29) is 11.9 Å². The number of ether oxygens (including phenoxy) is 2. The van der Waals surface area contributed by atoms with Gasteiger partial charge in [0.15, 0.2) is 0 Å². The summed E-state index contributed by atoms with van der Waals surface area (Å²) in [4.78, 5) is 29.0. The van der Waals surface area contributed by atoms with Crippen LogP contribution in [0.4, 0.5) is 0 Å². The lowest BCUT2D eigenvalue weighted by molar-refractivity contribution is -0.145. The van der Waals surface area contributed by atoms with Gasteiger partial charge in [-0.15, -0.1) is 0 Å². The third kappa shape index (κ3) is 32.3. The summed E-state index contributed by atoms with van der Waals surface area (Å²) in [5.74, 6) is -0.102. The molecule has 1 aliphatic heterocycles. The Bertz CT molecular complexity index is 740. The van der Waals surface area contributed by atoms with E-state index < -0.39 is 0 Å². The van der Waals surface area contributed by atoms with Gasteiger partial charge in [-0.25, -0.2) is 0 Å². The highest BCUT2D eigenvalue weighted by Crippen LogP contribution is 2.12. The van der Waals surface area contributed by atoms with Gasteiger partial charge in [0.1, 0.15) is 13.2 Å². The van der Waals surface area contributed by atoms with Crippen LogP contribution >= 0.6 is 0 Å². The van der Waals surface area contributed by atoms with Crippen molar-refractivity contribution in [2.24, 2.45) is 0 Å². The van der Waals surface area contributed by atoms with Gasteiger partial charge in [0.25, 0.3) is 0 Å².